The molecule has 1 atom stereocenters. The van der Waals surface area contributed by atoms with Gasteiger partial charge < -0.3 is 0 Å². The molecule has 94 valence electrons. The first-order valence-electron chi connectivity index (χ1n) is 6.17. The van der Waals surface area contributed by atoms with Crippen molar-refractivity contribution in [2.75, 3.05) is 5.88 Å². The van der Waals surface area contributed by atoms with Crippen LogP contribution >= 0.6 is 11.6 Å². The van der Waals surface area contributed by atoms with Crippen LogP contribution in [0.3, 0.4) is 0 Å². The Hall–Kier alpha value is -1.34. The topological polar surface area (TPSA) is 0 Å². The van der Waals surface area contributed by atoms with Gasteiger partial charge in [0.2, 0.25) is 0 Å². The van der Waals surface area contributed by atoms with Crippen LogP contribution in [0.5, 0.6) is 0 Å². The Labute approximate surface area is 112 Å². The smallest absolute Gasteiger partial charge is 0.123 e. The van der Waals surface area contributed by atoms with Crippen molar-refractivity contribution in [1.82, 2.24) is 0 Å². The van der Waals surface area contributed by atoms with Crippen LogP contribution in [0, 0.1) is 5.82 Å². The summed E-state index contributed by atoms with van der Waals surface area (Å²) in [5.41, 5.74) is 2.40. The molecule has 0 heterocycles. The third-order valence-corrected chi connectivity index (χ3v) is 3.37. The summed E-state index contributed by atoms with van der Waals surface area (Å²) in [6, 6.07) is 17.1. The van der Waals surface area contributed by atoms with E-state index in [2.05, 4.69) is 12.1 Å². The van der Waals surface area contributed by atoms with Gasteiger partial charge in [0.25, 0.3) is 0 Å². The second-order valence-electron chi connectivity index (χ2n) is 4.35. The second kappa shape index (κ2) is 6.55. The van der Waals surface area contributed by atoms with Crippen LogP contribution < -0.4 is 0 Å². The third-order valence-electron chi connectivity index (χ3n) is 3.10. The van der Waals surface area contributed by atoms with Crippen LogP contribution in [0.25, 0.3) is 0 Å². The number of hydrogen-bond donors (Lipinski definition) is 0. The molecule has 0 N–H and O–H groups in total. The largest absolute Gasteiger partial charge is 0.207 e. The summed E-state index contributed by atoms with van der Waals surface area (Å²) >= 11 is 5.79. The molecule has 2 rings (SSSR count). The van der Waals surface area contributed by atoms with E-state index in [-0.39, 0.29) is 5.82 Å². The van der Waals surface area contributed by atoms with Crippen molar-refractivity contribution in [1.29, 1.82) is 0 Å². The number of alkyl halides is 1. The van der Waals surface area contributed by atoms with E-state index in [1.165, 1.54) is 17.7 Å². The van der Waals surface area contributed by atoms with Crippen molar-refractivity contribution < 1.29 is 4.39 Å². The molecule has 18 heavy (non-hydrogen) atoms. The zero-order chi connectivity index (χ0) is 12.8. The first kappa shape index (κ1) is 13.1. The van der Waals surface area contributed by atoms with Gasteiger partial charge in [0.1, 0.15) is 5.82 Å². The lowest BCUT2D eigenvalue weighted by molar-refractivity contribution is 0.624. The van der Waals surface area contributed by atoms with Crippen LogP contribution in [0.4, 0.5) is 4.39 Å². The van der Waals surface area contributed by atoms with Crippen LogP contribution in [0.1, 0.15) is 29.9 Å². The van der Waals surface area contributed by atoms with Gasteiger partial charge in [-0.3, -0.25) is 0 Å². The Morgan fingerprint density at radius 3 is 2.11 bits per heavy atom. The zero-order valence-electron chi connectivity index (χ0n) is 10.2. The quantitative estimate of drug-likeness (QED) is 0.667. The molecule has 2 aromatic rings. The average Bonchev–Trinajstić information content (AvgIpc) is 2.42. The van der Waals surface area contributed by atoms with E-state index >= 15 is 0 Å². The van der Waals surface area contributed by atoms with E-state index < -0.39 is 0 Å². The summed E-state index contributed by atoms with van der Waals surface area (Å²) in [7, 11) is 0. The normalized spacial score (nSPS) is 12.3. The van der Waals surface area contributed by atoms with Crippen molar-refractivity contribution in [3.05, 3.63) is 71.5 Å². The van der Waals surface area contributed by atoms with E-state index in [1.54, 1.807) is 0 Å². The fraction of sp³-hybridized carbons (Fsp3) is 0.250. The first-order chi connectivity index (χ1) is 8.81. The molecule has 0 amide bonds. The predicted molar refractivity (Wildman–Crippen MR) is 74.6 cm³/mol. The minimum Gasteiger partial charge on any atom is -0.207 e. The maximum absolute atomic E-state index is 13.0. The highest BCUT2D eigenvalue weighted by Crippen LogP contribution is 2.29. The molecule has 2 aromatic carbocycles. The number of benzene rings is 2. The molecule has 0 bridgehead atoms. The Morgan fingerprint density at radius 1 is 0.889 bits per heavy atom. The Bertz CT molecular complexity index is 464. The molecule has 0 unspecified atom stereocenters. The highest BCUT2D eigenvalue weighted by Gasteiger charge is 2.13. The lowest BCUT2D eigenvalue weighted by Gasteiger charge is -2.17. The lowest BCUT2D eigenvalue weighted by atomic mass is 9.88. The molecule has 0 aromatic heterocycles. The second-order valence-corrected chi connectivity index (χ2v) is 4.72. The zero-order valence-corrected chi connectivity index (χ0v) is 10.9. The third kappa shape index (κ3) is 3.33. The van der Waals surface area contributed by atoms with Gasteiger partial charge in [-0.15, -0.1) is 11.6 Å². The molecule has 2 heteroatoms. The van der Waals surface area contributed by atoms with E-state index in [0.29, 0.717) is 11.8 Å². The van der Waals surface area contributed by atoms with Gasteiger partial charge in [0, 0.05) is 11.8 Å². The monoisotopic (exact) mass is 262 g/mol. The van der Waals surface area contributed by atoms with Gasteiger partial charge >= 0.3 is 0 Å². The molecule has 0 aliphatic heterocycles. The summed E-state index contributed by atoms with van der Waals surface area (Å²) < 4.78 is 13.0. The summed E-state index contributed by atoms with van der Waals surface area (Å²) in [5.74, 6) is 0.762. The van der Waals surface area contributed by atoms with E-state index in [9.17, 15) is 4.39 Å². The maximum atomic E-state index is 13.0. The maximum Gasteiger partial charge on any atom is 0.123 e. The highest BCUT2D eigenvalue weighted by molar-refractivity contribution is 6.17. The summed E-state index contributed by atoms with van der Waals surface area (Å²) in [6.07, 6.45) is 1.94. The van der Waals surface area contributed by atoms with E-state index in [4.69, 9.17) is 11.6 Å². The summed E-state index contributed by atoms with van der Waals surface area (Å²) in [5, 5.41) is 0. The van der Waals surface area contributed by atoms with E-state index in [0.717, 1.165) is 18.4 Å². The minimum atomic E-state index is -0.192. The molecule has 0 saturated carbocycles. The Balaban J connectivity index is 2.27. The minimum absolute atomic E-state index is 0.192. The van der Waals surface area contributed by atoms with Crippen LogP contribution in [0.15, 0.2) is 54.6 Å². The number of hydrogen-bond acceptors (Lipinski definition) is 0. The molecular formula is C16H16ClF. The van der Waals surface area contributed by atoms with Gasteiger partial charge in [0.05, 0.1) is 0 Å². The Kier molecular flexibility index (Phi) is 4.77. The fourth-order valence-corrected chi connectivity index (χ4v) is 2.34. The molecule has 0 aliphatic carbocycles. The molecular weight excluding hydrogens is 247 g/mol. The van der Waals surface area contributed by atoms with Crippen LogP contribution in [-0.4, -0.2) is 5.88 Å². The standard InChI is InChI=1S/C16H16ClF/c17-12-4-7-16(13-5-2-1-3-6-13)14-8-10-15(18)11-9-14/h1-3,5-6,8-11,16H,4,7,12H2/t16-/m0/s1. The van der Waals surface area contributed by atoms with Crippen molar-refractivity contribution in [3.8, 4) is 0 Å². The average molecular weight is 263 g/mol. The van der Waals surface area contributed by atoms with Gasteiger partial charge in [-0.1, -0.05) is 42.5 Å². The number of rotatable bonds is 5. The van der Waals surface area contributed by atoms with Crippen molar-refractivity contribution in [3.63, 3.8) is 0 Å². The van der Waals surface area contributed by atoms with Gasteiger partial charge in [-0.2, -0.15) is 0 Å². The summed E-state index contributed by atoms with van der Waals surface area (Å²) in [6.45, 7) is 0. The molecule has 0 radical (unpaired) electrons. The SMILES string of the molecule is Fc1ccc([C@@H](CCCCl)c2ccccc2)cc1. The lowest BCUT2D eigenvalue weighted by Crippen LogP contribution is -2.01. The molecule has 0 fully saturated rings. The first-order valence-corrected chi connectivity index (χ1v) is 6.71. The van der Waals surface area contributed by atoms with Crippen LogP contribution in [0.2, 0.25) is 0 Å². The van der Waals surface area contributed by atoms with Gasteiger partial charge in [-0.05, 0) is 36.1 Å². The van der Waals surface area contributed by atoms with E-state index in [1.807, 2.05) is 30.3 Å². The molecule has 0 saturated heterocycles. The highest BCUT2D eigenvalue weighted by atomic mass is 35.5. The summed E-state index contributed by atoms with van der Waals surface area (Å²) in [4.78, 5) is 0. The Morgan fingerprint density at radius 2 is 1.50 bits per heavy atom. The van der Waals surface area contributed by atoms with Crippen LogP contribution in [-0.2, 0) is 0 Å². The van der Waals surface area contributed by atoms with Crippen molar-refractivity contribution in [2.24, 2.45) is 0 Å². The fourth-order valence-electron chi connectivity index (χ4n) is 2.19. The predicted octanol–water partition coefficient (Wildman–Crippen LogP) is 4.98. The molecule has 0 nitrogen and oxygen atoms in total. The van der Waals surface area contributed by atoms with Gasteiger partial charge in [-0.25, -0.2) is 4.39 Å². The van der Waals surface area contributed by atoms with Crippen molar-refractivity contribution >= 4 is 11.6 Å². The molecule has 0 spiro atoms. The van der Waals surface area contributed by atoms with Gasteiger partial charge in [0.15, 0.2) is 0 Å². The van der Waals surface area contributed by atoms with Crippen molar-refractivity contribution in [2.45, 2.75) is 18.8 Å². The molecule has 0 aliphatic rings. The number of halogens is 2.